The molecule has 0 bridgehead atoms. The van der Waals surface area contributed by atoms with E-state index in [4.69, 9.17) is 4.74 Å². The van der Waals surface area contributed by atoms with E-state index in [1.165, 1.54) is 41.5 Å². The van der Waals surface area contributed by atoms with Gasteiger partial charge in [0.1, 0.15) is 6.61 Å². The zero-order chi connectivity index (χ0) is 25.3. The summed E-state index contributed by atoms with van der Waals surface area (Å²) in [5.74, 6) is 1.80. The minimum absolute atomic E-state index is 0.0128. The zero-order valence-electron chi connectivity index (χ0n) is 22.5. The van der Waals surface area contributed by atoms with E-state index in [0.29, 0.717) is 24.4 Å². The summed E-state index contributed by atoms with van der Waals surface area (Å²) in [6.45, 7) is 7.04. The standard InChI is InChI=1S/C34H44O2/c1-4-6-8-16-25(3)26-17-10-15-23-32(27(26)18-9-7-5-2)34(35)36-24-33-30-21-13-11-19-28(30)29-20-12-14-22-31(29)33/h4-7,11-14,19-22,25-27,32-33H,8-10,15-18,23-24H2,1-3H3/b6-4-,7-5-. The van der Waals surface area contributed by atoms with E-state index in [9.17, 15) is 4.79 Å². The Labute approximate surface area is 218 Å². The van der Waals surface area contributed by atoms with Gasteiger partial charge in [-0.1, -0.05) is 92.6 Å². The van der Waals surface area contributed by atoms with Gasteiger partial charge in [0, 0.05) is 5.92 Å². The number of allylic oxidation sites excluding steroid dienone is 4. The first-order chi connectivity index (χ1) is 17.7. The van der Waals surface area contributed by atoms with Crippen LogP contribution < -0.4 is 0 Å². The van der Waals surface area contributed by atoms with Crippen LogP contribution >= 0.6 is 0 Å². The van der Waals surface area contributed by atoms with Crippen LogP contribution in [0.15, 0.2) is 72.8 Å². The predicted octanol–water partition coefficient (Wildman–Crippen LogP) is 9.11. The molecule has 1 fully saturated rings. The molecule has 0 N–H and O–H groups in total. The highest BCUT2D eigenvalue weighted by molar-refractivity contribution is 5.79. The lowest BCUT2D eigenvalue weighted by Crippen LogP contribution is -2.33. The normalized spacial score (nSPS) is 22.9. The molecule has 36 heavy (non-hydrogen) atoms. The Bertz CT molecular complexity index is 1000. The van der Waals surface area contributed by atoms with Crippen molar-refractivity contribution in [1.29, 1.82) is 0 Å². The fourth-order valence-electron chi connectivity index (χ4n) is 6.79. The van der Waals surface area contributed by atoms with Gasteiger partial charge in [-0.2, -0.15) is 0 Å². The van der Waals surface area contributed by atoms with Crippen molar-refractivity contribution in [3.05, 3.63) is 84.0 Å². The largest absolute Gasteiger partial charge is 0.464 e. The third-order valence-electron chi connectivity index (χ3n) is 8.68. The second-order valence-corrected chi connectivity index (χ2v) is 10.8. The zero-order valence-corrected chi connectivity index (χ0v) is 22.5. The van der Waals surface area contributed by atoms with Gasteiger partial charge in [-0.05, 0) is 92.4 Å². The van der Waals surface area contributed by atoms with Gasteiger partial charge in [-0.3, -0.25) is 4.79 Å². The SMILES string of the molecule is C/C=C\CCC(C)C1CCCCC(C(=O)OCC2c3ccccc3-c3ccccc32)C1CC/C=C\C. The van der Waals surface area contributed by atoms with Crippen LogP contribution in [0.4, 0.5) is 0 Å². The molecule has 4 rings (SSSR count). The maximum Gasteiger partial charge on any atom is 0.309 e. The summed E-state index contributed by atoms with van der Waals surface area (Å²) in [6.07, 6.45) is 17.9. The molecule has 4 unspecified atom stereocenters. The number of hydrogen-bond acceptors (Lipinski definition) is 2. The molecule has 192 valence electrons. The highest BCUT2D eigenvalue weighted by Gasteiger charge is 2.39. The third kappa shape index (κ3) is 6.02. The summed E-state index contributed by atoms with van der Waals surface area (Å²) in [6, 6.07) is 17.2. The molecule has 2 heteroatoms. The molecule has 2 aromatic carbocycles. The lowest BCUT2D eigenvalue weighted by molar-refractivity contribution is -0.152. The second kappa shape index (κ2) is 13.1. The molecule has 0 aromatic heterocycles. The van der Waals surface area contributed by atoms with Gasteiger partial charge in [-0.25, -0.2) is 0 Å². The van der Waals surface area contributed by atoms with Crippen LogP contribution in [0.5, 0.6) is 0 Å². The van der Waals surface area contributed by atoms with Gasteiger partial charge in [-0.15, -0.1) is 0 Å². The topological polar surface area (TPSA) is 26.3 Å². The van der Waals surface area contributed by atoms with E-state index >= 15 is 0 Å². The maximum absolute atomic E-state index is 13.8. The fourth-order valence-corrected chi connectivity index (χ4v) is 6.79. The number of ether oxygens (including phenoxy) is 1. The molecule has 0 spiro atoms. The van der Waals surface area contributed by atoms with Gasteiger partial charge in [0.25, 0.3) is 0 Å². The molecule has 1 saturated carbocycles. The van der Waals surface area contributed by atoms with Crippen LogP contribution in [-0.4, -0.2) is 12.6 Å². The predicted molar refractivity (Wildman–Crippen MR) is 151 cm³/mol. The number of rotatable bonds is 10. The quantitative estimate of drug-likeness (QED) is 0.191. The molecular weight excluding hydrogens is 440 g/mol. The van der Waals surface area contributed by atoms with Crippen molar-refractivity contribution in [2.24, 2.45) is 23.7 Å². The number of carbonyl (C=O) groups excluding carboxylic acids is 1. The average Bonchev–Trinajstić information content (AvgIpc) is 3.06. The number of hydrogen-bond donors (Lipinski definition) is 0. The van der Waals surface area contributed by atoms with Crippen LogP contribution in [0.1, 0.15) is 89.2 Å². The van der Waals surface area contributed by atoms with E-state index in [1.807, 2.05) is 0 Å². The van der Waals surface area contributed by atoms with Crippen molar-refractivity contribution in [2.45, 2.75) is 78.1 Å². The van der Waals surface area contributed by atoms with E-state index in [-0.39, 0.29) is 17.8 Å². The minimum atomic E-state index is 0.0128. The first-order valence-corrected chi connectivity index (χ1v) is 14.2. The number of esters is 1. The fraction of sp³-hybridized carbons (Fsp3) is 0.500. The highest BCUT2D eigenvalue weighted by Crippen LogP contribution is 2.46. The van der Waals surface area contributed by atoms with Gasteiger partial charge in [0.05, 0.1) is 5.92 Å². The van der Waals surface area contributed by atoms with Crippen molar-refractivity contribution in [3.8, 4) is 11.1 Å². The number of benzene rings is 2. The molecule has 2 aliphatic rings. The van der Waals surface area contributed by atoms with Gasteiger partial charge in [0.2, 0.25) is 0 Å². The average molecular weight is 485 g/mol. The second-order valence-electron chi connectivity index (χ2n) is 10.8. The van der Waals surface area contributed by atoms with E-state index in [1.54, 1.807) is 0 Å². The van der Waals surface area contributed by atoms with Crippen molar-refractivity contribution in [3.63, 3.8) is 0 Å². The molecule has 2 nitrogen and oxygen atoms in total. The molecule has 0 saturated heterocycles. The molecule has 0 amide bonds. The van der Waals surface area contributed by atoms with Crippen LogP contribution in [-0.2, 0) is 9.53 Å². The van der Waals surface area contributed by atoms with Crippen LogP contribution in [0.25, 0.3) is 11.1 Å². The van der Waals surface area contributed by atoms with Crippen molar-refractivity contribution < 1.29 is 9.53 Å². The van der Waals surface area contributed by atoms with E-state index in [2.05, 4.69) is 93.6 Å². The smallest absolute Gasteiger partial charge is 0.309 e. The van der Waals surface area contributed by atoms with Crippen molar-refractivity contribution in [2.75, 3.05) is 6.61 Å². The molecule has 0 radical (unpaired) electrons. The molecule has 0 heterocycles. The lowest BCUT2D eigenvalue weighted by Gasteiger charge is -2.34. The van der Waals surface area contributed by atoms with Crippen molar-refractivity contribution >= 4 is 5.97 Å². The maximum atomic E-state index is 13.8. The summed E-state index contributed by atoms with van der Waals surface area (Å²) >= 11 is 0. The Hall–Kier alpha value is -2.61. The third-order valence-corrected chi connectivity index (χ3v) is 8.68. The molecular formula is C34H44O2. The summed E-state index contributed by atoms with van der Waals surface area (Å²) in [5, 5.41) is 0. The van der Waals surface area contributed by atoms with E-state index < -0.39 is 0 Å². The van der Waals surface area contributed by atoms with Gasteiger partial charge in [0.15, 0.2) is 0 Å². The Kier molecular flexibility index (Phi) is 9.61. The van der Waals surface area contributed by atoms with Crippen LogP contribution in [0.3, 0.4) is 0 Å². The molecule has 2 aliphatic carbocycles. The first-order valence-electron chi connectivity index (χ1n) is 14.2. The molecule has 0 aliphatic heterocycles. The first kappa shape index (κ1) is 26.5. The highest BCUT2D eigenvalue weighted by atomic mass is 16.5. The summed E-state index contributed by atoms with van der Waals surface area (Å²) < 4.78 is 6.23. The van der Waals surface area contributed by atoms with Crippen LogP contribution in [0, 0.1) is 23.7 Å². The summed E-state index contributed by atoms with van der Waals surface area (Å²) in [5.41, 5.74) is 5.13. The molecule has 2 aromatic rings. The summed E-state index contributed by atoms with van der Waals surface area (Å²) in [4.78, 5) is 13.8. The summed E-state index contributed by atoms with van der Waals surface area (Å²) in [7, 11) is 0. The lowest BCUT2D eigenvalue weighted by atomic mass is 9.71. The Morgan fingerprint density at radius 1 is 0.917 bits per heavy atom. The Morgan fingerprint density at radius 2 is 1.53 bits per heavy atom. The van der Waals surface area contributed by atoms with Crippen molar-refractivity contribution in [1.82, 2.24) is 0 Å². The monoisotopic (exact) mass is 484 g/mol. The number of fused-ring (bicyclic) bond motifs is 3. The Balaban J connectivity index is 1.51. The Morgan fingerprint density at radius 3 is 2.19 bits per heavy atom. The van der Waals surface area contributed by atoms with Gasteiger partial charge < -0.3 is 4.74 Å². The van der Waals surface area contributed by atoms with Gasteiger partial charge >= 0.3 is 5.97 Å². The van der Waals surface area contributed by atoms with E-state index in [0.717, 1.165) is 32.1 Å². The van der Waals surface area contributed by atoms with Crippen LogP contribution in [0.2, 0.25) is 0 Å². The minimum Gasteiger partial charge on any atom is -0.464 e. The number of carbonyl (C=O) groups is 1. The molecule has 4 atom stereocenters.